The fourth-order valence-corrected chi connectivity index (χ4v) is 1.63. The van der Waals surface area contributed by atoms with Crippen molar-refractivity contribution < 1.29 is 4.39 Å². The number of rotatable bonds is 4. The highest BCUT2D eigenvalue weighted by atomic mass is 19.1. The van der Waals surface area contributed by atoms with E-state index >= 15 is 0 Å². The first-order chi connectivity index (χ1) is 9.22. The monoisotopic (exact) mass is 256 g/mol. The summed E-state index contributed by atoms with van der Waals surface area (Å²) >= 11 is 0. The lowest BCUT2D eigenvalue weighted by molar-refractivity contribution is 0.612. The normalized spacial score (nSPS) is 9.95. The van der Waals surface area contributed by atoms with E-state index in [-0.39, 0.29) is 0 Å². The second kappa shape index (κ2) is 5.91. The zero-order valence-corrected chi connectivity index (χ0v) is 10.5. The number of hydrogen-bond acceptors (Lipinski definition) is 4. The molecule has 2 rings (SSSR count). The van der Waals surface area contributed by atoms with Crippen LogP contribution in [0.5, 0.6) is 0 Å². The first-order valence-corrected chi connectivity index (χ1v) is 5.96. The Bertz CT molecular complexity index is 619. The number of halogens is 1. The molecule has 0 atom stereocenters. The summed E-state index contributed by atoms with van der Waals surface area (Å²) in [6, 6.07) is 8.16. The fraction of sp³-hybridized carbons (Fsp3) is 0.214. The van der Waals surface area contributed by atoms with Gasteiger partial charge in [-0.25, -0.2) is 14.4 Å². The average Bonchev–Trinajstić information content (AvgIpc) is 2.46. The van der Waals surface area contributed by atoms with Gasteiger partial charge < -0.3 is 5.32 Å². The first-order valence-electron chi connectivity index (χ1n) is 5.96. The van der Waals surface area contributed by atoms with Crippen molar-refractivity contribution in [3.63, 3.8) is 0 Å². The second-order valence-electron chi connectivity index (χ2n) is 4.02. The highest BCUT2D eigenvalue weighted by Crippen LogP contribution is 2.12. The Kier molecular flexibility index (Phi) is 4.04. The van der Waals surface area contributed by atoms with Gasteiger partial charge in [0, 0.05) is 23.9 Å². The molecule has 0 saturated heterocycles. The van der Waals surface area contributed by atoms with Gasteiger partial charge in [0.1, 0.15) is 18.0 Å². The zero-order valence-electron chi connectivity index (χ0n) is 10.5. The van der Waals surface area contributed by atoms with Gasteiger partial charge in [-0.3, -0.25) is 0 Å². The smallest absolute Gasteiger partial charge is 0.129 e. The summed E-state index contributed by atoms with van der Waals surface area (Å²) in [5.41, 5.74) is 1.74. The molecule has 96 valence electrons. The highest BCUT2D eigenvalue weighted by molar-refractivity contribution is 5.38. The average molecular weight is 256 g/mol. The van der Waals surface area contributed by atoms with Gasteiger partial charge in [0.15, 0.2) is 0 Å². The van der Waals surface area contributed by atoms with Crippen molar-refractivity contribution in [1.82, 2.24) is 9.97 Å². The van der Waals surface area contributed by atoms with E-state index in [4.69, 9.17) is 5.26 Å². The van der Waals surface area contributed by atoms with Crippen LogP contribution in [0.2, 0.25) is 0 Å². The van der Waals surface area contributed by atoms with E-state index in [0.29, 0.717) is 23.5 Å². The van der Waals surface area contributed by atoms with E-state index in [9.17, 15) is 4.39 Å². The van der Waals surface area contributed by atoms with Crippen molar-refractivity contribution >= 4 is 5.82 Å². The van der Waals surface area contributed by atoms with Crippen molar-refractivity contribution in [3.8, 4) is 6.07 Å². The summed E-state index contributed by atoms with van der Waals surface area (Å²) in [5, 5.41) is 11.7. The van der Waals surface area contributed by atoms with E-state index in [0.717, 1.165) is 12.1 Å². The maximum absolute atomic E-state index is 13.7. The summed E-state index contributed by atoms with van der Waals surface area (Å²) < 4.78 is 13.7. The molecule has 0 unspecified atom stereocenters. The van der Waals surface area contributed by atoms with Crippen molar-refractivity contribution in [2.45, 2.75) is 19.9 Å². The molecule has 0 amide bonds. The van der Waals surface area contributed by atoms with Gasteiger partial charge in [-0.05, 0) is 18.6 Å². The molecule has 2 aromatic rings. The number of aromatic nitrogens is 2. The van der Waals surface area contributed by atoms with Crippen LogP contribution in [-0.4, -0.2) is 9.97 Å². The lowest BCUT2D eigenvalue weighted by Crippen LogP contribution is -2.04. The molecule has 4 nitrogen and oxygen atoms in total. The molecular formula is C14H13FN4. The third-order valence-corrected chi connectivity index (χ3v) is 2.73. The molecule has 1 aromatic carbocycles. The van der Waals surface area contributed by atoms with Crippen LogP contribution in [0.1, 0.15) is 23.7 Å². The summed E-state index contributed by atoms with van der Waals surface area (Å²) in [6.07, 6.45) is 2.30. The van der Waals surface area contributed by atoms with E-state index in [1.165, 1.54) is 12.4 Å². The van der Waals surface area contributed by atoms with Crippen LogP contribution in [0.15, 0.2) is 30.6 Å². The lowest BCUT2D eigenvalue weighted by Gasteiger charge is -2.07. The Labute approximate surface area is 110 Å². The van der Waals surface area contributed by atoms with Gasteiger partial charge in [-0.15, -0.1) is 0 Å². The van der Waals surface area contributed by atoms with E-state index in [2.05, 4.69) is 15.3 Å². The molecule has 0 spiro atoms. The molecule has 0 aliphatic rings. The number of nitrogens with zero attached hydrogens (tertiary/aromatic N) is 3. The second-order valence-corrected chi connectivity index (χ2v) is 4.02. The van der Waals surface area contributed by atoms with Crippen LogP contribution in [0.3, 0.4) is 0 Å². The van der Waals surface area contributed by atoms with E-state index in [1.54, 1.807) is 12.1 Å². The topological polar surface area (TPSA) is 61.6 Å². The highest BCUT2D eigenvalue weighted by Gasteiger charge is 2.04. The van der Waals surface area contributed by atoms with Crippen LogP contribution >= 0.6 is 0 Å². The van der Waals surface area contributed by atoms with Gasteiger partial charge in [0.05, 0.1) is 11.6 Å². The molecule has 1 aromatic heterocycles. The van der Waals surface area contributed by atoms with Crippen LogP contribution < -0.4 is 5.32 Å². The quantitative estimate of drug-likeness (QED) is 0.913. The van der Waals surface area contributed by atoms with E-state index in [1.807, 2.05) is 19.1 Å². The molecule has 0 fully saturated rings. The molecule has 0 saturated carbocycles. The van der Waals surface area contributed by atoms with Crippen LogP contribution in [0.25, 0.3) is 0 Å². The number of hydrogen-bond donors (Lipinski definition) is 1. The van der Waals surface area contributed by atoms with Crippen molar-refractivity contribution in [2.75, 3.05) is 5.32 Å². The van der Waals surface area contributed by atoms with E-state index < -0.39 is 5.82 Å². The van der Waals surface area contributed by atoms with Crippen LogP contribution in [-0.2, 0) is 13.0 Å². The van der Waals surface area contributed by atoms with Crippen molar-refractivity contribution in [2.24, 2.45) is 0 Å². The number of anilines is 1. The largest absolute Gasteiger partial charge is 0.366 e. The third-order valence-electron chi connectivity index (χ3n) is 2.73. The molecule has 5 heteroatoms. The molecule has 0 aliphatic heterocycles. The Hall–Kier alpha value is -2.48. The van der Waals surface area contributed by atoms with Gasteiger partial charge >= 0.3 is 0 Å². The minimum atomic E-state index is -0.392. The molecule has 0 bridgehead atoms. The molecule has 1 heterocycles. The zero-order chi connectivity index (χ0) is 13.7. The predicted molar refractivity (Wildman–Crippen MR) is 69.9 cm³/mol. The van der Waals surface area contributed by atoms with Gasteiger partial charge in [0.2, 0.25) is 0 Å². The summed E-state index contributed by atoms with van der Waals surface area (Å²) in [4.78, 5) is 8.16. The molecule has 1 N–H and O–H groups in total. The molecule has 0 aliphatic carbocycles. The summed E-state index contributed by atoms with van der Waals surface area (Å²) in [5.74, 6) is 0.270. The SMILES string of the molecule is CCc1cc(NCc2ccc(C#N)cc2F)ncn1. The van der Waals surface area contributed by atoms with Crippen molar-refractivity contribution in [1.29, 1.82) is 5.26 Å². The summed E-state index contributed by atoms with van der Waals surface area (Å²) in [7, 11) is 0. The fourth-order valence-electron chi connectivity index (χ4n) is 1.63. The molecule has 19 heavy (non-hydrogen) atoms. The maximum Gasteiger partial charge on any atom is 0.129 e. The lowest BCUT2D eigenvalue weighted by atomic mass is 10.1. The summed E-state index contributed by atoms with van der Waals surface area (Å²) in [6.45, 7) is 2.32. The Balaban J connectivity index is 2.08. The number of benzene rings is 1. The van der Waals surface area contributed by atoms with Crippen LogP contribution in [0.4, 0.5) is 10.2 Å². The first kappa shape index (κ1) is 13.0. The predicted octanol–water partition coefficient (Wildman–Crippen LogP) is 2.66. The maximum atomic E-state index is 13.7. The van der Waals surface area contributed by atoms with Gasteiger partial charge in [-0.2, -0.15) is 5.26 Å². The van der Waals surface area contributed by atoms with Gasteiger partial charge in [-0.1, -0.05) is 13.0 Å². The van der Waals surface area contributed by atoms with Crippen molar-refractivity contribution in [3.05, 3.63) is 53.2 Å². The Morgan fingerprint density at radius 1 is 1.32 bits per heavy atom. The Morgan fingerprint density at radius 2 is 2.16 bits per heavy atom. The standard InChI is InChI=1S/C14H13FN4/c1-2-12-6-14(19-9-18-12)17-8-11-4-3-10(7-16)5-13(11)15/h3-6,9H,2,8H2,1H3,(H,17,18,19). The van der Waals surface area contributed by atoms with Gasteiger partial charge in [0.25, 0.3) is 0 Å². The number of aryl methyl sites for hydroxylation is 1. The van der Waals surface area contributed by atoms with Crippen LogP contribution in [0, 0.1) is 17.1 Å². The third kappa shape index (κ3) is 3.26. The Morgan fingerprint density at radius 3 is 2.84 bits per heavy atom. The molecule has 0 radical (unpaired) electrons. The number of nitrogens with one attached hydrogen (secondary N) is 1. The number of nitriles is 1. The minimum absolute atomic E-state index is 0.316. The molecular weight excluding hydrogens is 243 g/mol. The minimum Gasteiger partial charge on any atom is -0.366 e.